The maximum Gasteiger partial charge on any atom is 0.258 e. The highest BCUT2D eigenvalue weighted by molar-refractivity contribution is 5.77. The van der Waals surface area contributed by atoms with Crippen LogP contribution >= 0.6 is 0 Å². The maximum atomic E-state index is 13.1. The van der Waals surface area contributed by atoms with Crippen molar-refractivity contribution in [3.63, 3.8) is 0 Å². The number of carbonyl (C=O) groups is 1. The summed E-state index contributed by atoms with van der Waals surface area (Å²) in [5.74, 6) is 0.994. The third kappa shape index (κ3) is 6.32. The minimum atomic E-state index is -0.297. The molecule has 4 aromatic rings. The molecule has 35 heavy (non-hydrogen) atoms. The topological polar surface area (TPSA) is 94.4 Å². The van der Waals surface area contributed by atoms with E-state index in [4.69, 9.17) is 9.47 Å². The highest BCUT2D eigenvalue weighted by atomic mass is 19.1. The van der Waals surface area contributed by atoms with Gasteiger partial charge in [-0.05, 0) is 35.9 Å². The van der Waals surface area contributed by atoms with E-state index < -0.39 is 0 Å². The third-order valence-corrected chi connectivity index (χ3v) is 5.16. The summed E-state index contributed by atoms with van der Waals surface area (Å²) in [5, 5.41) is 15.3. The second-order valence-corrected chi connectivity index (χ2v) is 7.74. The molecule has 0 aliphatic carbocycles. The SMILES string of the molecule is COc1ccccc1-n1cc(CNC(=O)COc2ccc(N(C)Cc3ccc(F)cc3)nn2)cn1. The van der Waals surface area contributed by atoms with Crippen LogP contribution in [0, 0.1) is 5.82 Å². The van der Waals surface area contributed by atoms with E-state index in [-0.39, 0.29) is 24.2 Å². The Bertz CT molecular complexity index is 1260. The first-order chi connectivity index (χ1) is 17.0. The third-order valence-electron chi connectivity index (χ3n) is 5.16. The number of hydrogen-bond donors (Lipinski definition) is 1. The molecule has 2 heterocycles. The fraction of sp³-hybridized carbons (Fsp3) is 0.200. The first-order valence-corrected chi connectivity index (χ1v) is 10.9. The van der Waals surface area contributed by atoms with Crippen LogP contribution in [0.3, 0.4) is 0 Å². The molecule has 10 heteroatoms. The van der Waals surface area contributed by atoms with Crippen LogP contribution in [0.4, 0.5) is 10.2 Å². The van der Waals surface area contributed by atoms with Crippen LogP contribution in [-0.2, 0) is 17.9 Å². The molecule has 0 radical (unpaired) electrons. The van der Waals surface area contributed by atoms with Crippen LogP contribution in [0.1, 0.15) is 11.1 Å². The molecule has 0 atom stereocenters. The molecule has 180 valence electrons. The second-order valence-electron chi connectivity index (χ2n) is 7.74. The summed E-state index contributed by atoms with van der Waals surface area (Å²) in [6.45, 7) is 0.654. The Morgan fingerprint density at radius 3 is 2.60 bits per heavy atom. The Kier molecular flexibility index (Phi) is 7.51. The number of halogens is 1. The van der Waals surface area contributed by atoms with Gasteiger partial charge >= 0.3 is 0 Å². The lowest BCUT2D eigenvalue weighted by Crippen LogP contribution is -2.28. The maximum absolute atomic E-state index is 13.1. The van der Waals surface area contributed by atoms with Gasteiger partial charge in [0, 0.05) is 38.0 Å². The molecule has 2 aromatic carbocycles. The zero-order valence-corrected chi connectivity index (χ0v) is 19.4. The number of para-hydroxylation sites is 2. The summed E-state index contributed by atoms with van der Waals surface area (Å²) in [6.07, 6.45) is 3.51. The average molecular weight is 477 g/mol. The molecular weight excluding hydrogens is 451 g/mol. The lowest BCUT2D eigenvalue weighted by molar-refractivity contribution is -0.123. The van der Waals surface area contributed by atoms with E-state index in [0.29, 0.717) is 24.7 Å². The predicted octanol–water partition coefficient (Wildman–Crippen LogP) is 3.14. The van der Waals surface area contributed by atoms with Gasteiger partial charge in [-0.1, -0.05) is 24.3 Å². The standard InChI is InChI=1S/C25H25FN6O3/c1-31(15-18-7-9-20(26)10-8-18)23-11-12-25(30-29-23)35-17-24(33)27-13-19-14-28-32(16-19)21-5-3-4-6-22(21)34-2/h3-12,14,16H,13,15,17H2,1-2H3,(H,27,33). The van der Waals surface area contributed by atoms with Crippen LogP contribution in [-0.4, -0.2) is 46.6 Å². The number of benzene rings is 2. The van der Waals surface area contributed by atoms with Crippen molar-refractivity contribution < 1.29 is 18.7 Å². The van der Waals surface area contributed by atoms with E-state index in [1.54, 1.807) is 42.3 Å². The lowest BCUT2D eigenvalue weighted by atomic mass is 10.2. The number of rotatable bonds is 10. The normalized spacial score (nSPS) is 10.6. The molecule has 0 unspecified atom stereocenters. The first kappa shape index (κ1) is 23.7. The number of nitrogens with zero attached hydrogens (tertiary/aromatic N) is 5. The van der Waals surface area contributed by atoms with Crippen LogP contribution in [0.5, 0.6) is 11.6 Å². The van der Waals surface area contributed by atoms with E-state index in [1.165, 1.54) is 12.1 Å². The minimum absolute atomic E-state index is 0.194. The molecule has 1 N–H and O–H groups in total. The fourth-order valence-corrected chi connectivity index (χ4v) is 3.33. The smallest absolute Gasteiger partial charge is 0.258 e. The van der Waals surface area contributed by atoms with Crippen LogP contribution in [0.2, 0.25) is 0 Å². The average Bonchev–Trinajstić information content (AvgIpc) is 3.36. The van der Waals surface area contributed by atoms with E-state index in [2.05, 4.69) is 20.6 Å². The molecule has 1 amide bonds. The van der Waals surface area contributed by atoms with Crippen LogP contribution in [0.25, 0.3) is 5.69 Å². The molecule has 0 bridgehead atoms. The molecule has 0 aliphatic rings. The number of ether oxygens (including phenoxy) is 2. The highest BCUT2D eigenvalue weighted by Crippen LogP contribution is 2.21. The largest absolute Gasteiger partial charge is 0.494 e. The molecule has 0 saturated heterocycles. The van der Waals surface area contributed by atoms with Gasteiger partial charge in [0.25, 0.3) is 5.91 Å². The van der Waals surface area contributed by atoms with Gasteiger partial charge in [-0.25, -0.2) is 9.07 Å². The van der Waals surface area contributed by atoms with E-state index in [1.807, 2.05) is 42.4 Å². The number of hydrogen-bond acceptors (Lipinski definition) is 7. The summed E-state index contributed by atoms with van der Waals surface area (Å²) in [5.41, 5.74) is 2.58. The molecule has 0 fully saturated rings. The van der Waals surface area contributed by atoms with Gasteiger partial charge < -0.3 is 19.7 Å². The van der Waals surface area contributed by atoms with Gasteiger partial charge in [0.2, 0.25) is 5.88 Å². The van der Waals surface area contributed by atoms with Crippen molar-refractivity contribution in [1.29, 1.82) is 0 Å². The number of anilines is 1. The molecule has 0 saturated carbocycles. The Morgan fingerprint density at radius 1 is 1.06 bits per heavy atom. The zero-order chi connectivity index (χ0) is 24.6. The van der Waals surface area contributed by atoms with Crippen molar-refractivity contribution in [3.8, 4) is 17.3 Å². The first-order valence-electron chi connectivity index (χ1n) is 10.9. The molecule has 2 aromatic heterocycles. The van der Waals surface area contributed by atoms with Crippen LogP contribution in [0.15, 0.2) is 73.1 Å². The lowest BCUT2D eigenvalue weighted by Gasteiger charge is -2.17. The van der Waals surface area contributed by atoms with Crippen molar-refractivity contribution >= 4 is 11.7 Å². The van der Waals surface area contributed by atoms with Crippen molar-refractivity contribution in [2.45, 2.75) is 13.1 Å². The summed E-state index contributed by atoms with van der Waals surface area (Å²) in [6, 6.07) is 17.2. The number of nitrogens with one attached hydrogen (secondary N) is 1. The number of amides is 1. The van der Waals surface area contributed by atoms with E-state index >= 15 is 0 Å². The fourth-order valence-electron chi connectivity index (χ4n) is 3.33. The van der Waals surface area contributed by atoms with Gasteiger partial charge in [0.05, 0.1) is 13.3 Å². The minimum Gasteiger partial charge on any atom is -0.494 e. The van der Waals surface area contributed by atoms with Crippen molar-refractivity contribution in [1.82, 2.24) is 25.3 Å². The van der Waals surface area contributed by atoms with Crippen molar-refractivity contribution in [2.75, 3.05) is 25.7 Å². The summed E-state index contributed by atoms with van der Waals surface area (Å²) >= 11 is 0. The van der Waals surface area contributed by atoms with Crippen molar-refractivity contribution in [3.05, 3.63) is 90.0 Å². The van der Waals surface area contributed by atoms with E-state index in [0.717, 1.165) is 16.8 Å². The van der Waals surface area contributed by atoms with Gasteiger partial charge in [-0.15, -0.1) is 10.2 Å². The summed E-state index contributed by atoms with van der Waals surface area (Å²) < 4.78 is 25.6. The molecule has 9 nitrogen and oxygen atoms in total. The quantitative estimate of drug-likeness (QED) is 0.376. The number of aromatic nitrogens is 4. The number of methoxy groups -OCH3 is 1. The van der Waals surface area contributed by atoms with E-state index in [9.17, 15) is 9.18 Å². The van der Waals surface area contributed by atoms with Gasteiger partial charge in [-0.3, -0.25) is 4.79 Å². The Hall–Kier alpha value is -4.47. The summed E-state index contributed by atoms with van der Waals surface area (Å²) in [7, 11) is 3.46. The highest BCUT2D eigenvalue weighted by Gasteiger charge is 2.10. The monoisotopic (exact) mass is 476 g/mol. The predicted molar refractivity (Wildman–Crippen MR) is 128 cm³/mol. The zero-order valence-electron chi connectivity index (χ0n) is 19.4. The van der Waals surface area contributed by atoms with Crippen LogP contribution < -0.4 is 19.7 Å². The van der Waals surface area contributed by atoms with Crippen molar-refractivity contribution in [2.24, 2.45) is 0 Å². The molecule has 4 rings (SSSR count). The van der Waals surface area contributed by atoms with Gasteiger partial charge in [0.1, 0.15) is 17.3 Å². The van der Waals surface area contributed by atoms with Gasteiger partial charge in [0.15, 0.2) is 12.4 Å². The summed E-state index contributed by atoms with van der Waals surface area (Å²) in [4.78, 5) is 14.1. The Balaban J connectivity index is 1.24. The number of carbonyl (C=O) groups excluding carboxylic acids is 1. The second kappa shape index (κ2) is 11.1. The Labute approximate surface area is 202 Å². The Morgan fingerprint density at radius 2 is 1.86 bits per heavy atom. The molecule has 0 aliphatic heterocycles. The molecular formula is C25H25FN6O3. The van der Waals surface area contributed by atoms with Gasteiger partial charge in [-0.2, -0.15) is 5.10 Å². The molecule has 0 spiro atoms.